The first-order chi connectivity index (χ1) is 16.3. The van der Waals surface area contributed by atoms with Crippen LogP contribution in [0.5, 0.6) is 5.75 Å². The molecule has 1 aromatic heterocycles. The van der Waals surface area contributed by atoms with Crippen LogP contribution in [0.3, 0.4) is 0 Å². The Balaban J connectivity index is 1.82. The second-order valence-corrected chi connectivity index (χ2v) is 8.85. The van der Waals surface area contributed by atoms with Gasteiger partial charge in [-0.15, -0.1) is 0 Å². The second-order valence-electron chi connectivity index (χ2n) is 7.12. The van der Waals surface area contributed by atoms with Gasteiger partial charge in [0.2, 0.25) is 5.96 Å². The Morgan fingerprint density at radius 3 is 2.65 bits per heavy atom. The first-order valence-corrected chi connectivity index (χ1v) is 11.2. The molecule has 0 amide bonds. The molecule has 0 fully saturated rings. The van der Waals surface area contributed by atoms with E-state index in [2.05, 4.69) is 36.5 Å². The summed E-state index contributed by atoms with van der Waals surface area (Å²) in [7, 11) is 0. The SMILES string of the molecule is N#CNC1=NC(c2cc(Br)ccc2OCc2ccc(Cl)c(Cl)c2)c2c(nc(N)c(C#N)c2N)N1. The maximum Gasteiger partial charge on any atom is 0.211 e. The maximum absolute atomic E-state index is 9.53. The average molecular weight is 558 g/mol. The summed E-state index contributed by atoms with van der Waals surface area (Å²) >= 11 is 15.6. The molecular weight excluding hydrogens is 543 g/mol. The van der Waals surface area contributed by atoms with E-state index < -0.39 is 6.04 Å². The minimum absolute atomic E-state index is 0.0338. The molecule has 0 saturated carbocycles. The normalized spacial score (nSPS) is 14.1. The van der Waals surface area contributed by atoms with E-state index in [0.717, 1.165) is 10.0 Å². The van der Waals surface area contributed by atoms with Crippen LogP contribution in [0.15, 0.2) is 45.9 Å². The molecule has 9 nitrogen and oxygen atoms in total. The van der Waals surface area contributed by atoms with Crippen molar-refractivity contribution in [1.82, 2.24) is 10.3 Å². The van der Waals surface area contributed by atoms with Gasteiger partial charge in [-0.25, -0.2) is 9.98 Å². The van der Waals surface area contributed by atoms with E-state index in [0.29, 0.717) is 26.9 Å². The fraction of sp³-hybridized carbons (Fsp3) is 0.0909. The van der Waals surface area contributed by atoms with Gasteiger partial charge in [0.1, 0.15) is 41.7 Å². The molecule has 0 bridgehead atoms. The van der Waals surface area contributed by atoms with Gasteiger partial charge in [-0.1, -0.05) is 45.2 Å². The number of pyridine rings is 1. The number of rotatable bonds is 4. The standard InChI is InChI=1S/C22H15BrCl2N8O/c23-11-2-4-16(34-8-10-1-3-14(24)15(25)5-10)12(6-11)19-17-18(28)13(7-26)20(29)32-21(17)33-22(31-19)30-9-27/h1-6,19H,8H2,(H6,28,29,30,31,32,33). The third-order valence-corrected chi connectivity index (χ3v) is 6.23. The second kappa shape index (κ2) is 9.65. The van der Waals surface area contributed by atoms with Crippen molar-refractivity contribution in [1.29, 1.82) is 10.5 Å². The molecule has 0 saturated heterocycles. The lowest BCUT2D eigenvalue weighted by molar-refractivity contribution is 0.302. The van der Waals surface area contributed by atoms with E-state index in [-0.39, 0.29) is 35.5 Å². The van der Waals surface area contributed by atoms with E-state index in [1.165, 1.54) is 0 Å². The number of nitrogens with zero attached hydrogens (tertiary/aromatic N) is 4. The van der Waals surface area contributed by atoms with Crippen LogP contribution in [0.4, 0.5) is 17.3 Å². The highest BCUT2D eigenvalue weighted by Crippen LogP contribution is 2.44. The number of anilines is 3. The van der Waals surface area contributed by atoms with Crippen LogP contribution < -0.4 is 26.8 Å². The molecule has 170 valence electrons. The van der Waals surface area contributed by atoms with Gasteiger partial charge in [0.25, 0.3) is 0 Å². The summed E-state index contributed by atoms with van der Waals surface area (Å²) in [6, 6.07) is 11.9. The van der Waals surface area contributed by atoms with Crippen molar-refractivity contribution in [3.63, 3.8) is 0 Å². The molecule has 0 aliphatic carbocycles. The molecule has 2 aromatic carbocycles. The number of ether oxygens (including phenoxy) is 1. The van der Waals surface area contributed by atoms with Crippen LogP contribution in [0, 0.1) is 22.8 Å². The summed E-state index contributed by atoms with van der Waals surface area (Å²) in [5, 5.41) is 24.9. The van der Waals surface area contributed by atoms with E-state index in [1.54, 1.807) is 18.2 Å². The van der Waals surface area contributed by atoms with Crippen molar-refractivity contribution in [2.75, 3.05) is 16.8 Å². The van der Waals surface area contributed by atoms with Crippen LogP contribution in [-0.4, -0.2) is 10.9 Å². The minimum atomic E-state index is -0.756. The summed E-state index contributed by atoms with van der Waals surface area (Å²) in [6.45, 7) is 0.204. The predicted octanol–water partition coefficient (Wildman–Crippen LogP) is 4.71. The van der Waals surface area contributed by atoms with Crippen molar-refractivity contribution in [3.8, 4) is 18.0 Å². The van der Waals surface area contributed by atoms with Gasteiger partial charge >= 0.3 is 0 Å². The molecule has 1 atom stereocenters. The molecule has 2 heterocycles. The zero-order chi connectivity index (χ0) is 24.4. The van der Waals surface area contributed by atoms with Crippen molar-refractivity contribution < 1.29 is 4.74 Å². The van der Waals surface area contributed by atoms with E-state index >= 15 is 0 Å². The van der Waals surface area contributed by atoms with E-state index in [1.807, 2.05) is 30.5 Å². The Labute approximate surface area is 213 Å². The Kier molecular flexibility index (Phi) is 6.66. The van der Waals surface area contributed by atoms with Gasteiger partial charge in [0.05, 0.1) is 15.7 Å². The molecule has 1 aliphatic rings. The zero-order valence-corrected chi connectivity index (χ0v) is 20.3. The molecule has 1 unspecified atom stereocenters. The first-order valence-electron chi connectivity index (χ1n) is 9.67. The van der Waals surface area contributed by atoms with Crippen LogP contribution in [0.1, 0.15) is 28.3 Å². The fourth-order valence-corrected chi connectivity index (χ4v) is 4.16. The molecule has 1 aliphatic heterocycles. The molecule has 6 N–H and O–H groups in total. The number of fused-ring (bicyclic) bond motifs is 1. The number of aliphatic imine (C=N–C) groups is 1. The zero-order valence-electron chi connectivity index (χ0n) is 17.2. The Hall–Kier alpha value is -3.70. The van der Waals surface area contributed by atoms with E-state index in [9.17, 15) is 5.26 Å². The van der Waals surface area contributed by atoms with E-state index in [4.69, 9.17) is 44.7 Å². The molecule has 4 rings (SSSR count). The van der Waals surface area contributed by atoms with Crippen molar-refractivity contribution in [3.05, 3.63) is 73.2 Å². The number of guanidine groups is 1. The summed E-state index contributed by atoms with van der Waals surface area (Å²) in [5.74, 6) is 0.893. The predicted molar refractivity (Wildman–Crippen MR) is 134 cm³/mol. The third kappa shape index (κ3) is 4.52. The lowest BCUT2D eigenvalue weighted by Crippen LogP contribution is -2.33. The number of halogens is 3. The molecule has 3 aromatic rings. The minimum Gasteiger partial charge on any atom is -0.489 e. The van der Waals surface area contributed by atoms with Gasteiger partial charge in [-0.05, 0) is 35.9 Å². The largest absolute Gasteiger partial charge is 0.489 e. The quantitative estimate of drug-likeness (QED) is 0.265. The number of hydrogen-bond donors (Lipinski definition) is 4. The summed E-state index contributed by atoms with van der Waals surface area (Å²) in [4.78, 5) is 8.87. The Bertz CT molecular complexity index is 1410. The van der Waals surface area contributed by atoms with Gasteiger partial charge in [-0.3, -0.25) is 5.32 Å². The third-order valence-electron chi connectivity index (χ3n) is 5.00. The van der Waals surface area contributed by atoms with Crippen molar-refractivity contribution in [2.45, 2.75) is 12.6 Å². The van der Waals surface area contributed by atoms with Crippen LogP contribution >= 0.6 is 39.1 Å². The van der Waals surface area contributed by atoms with Gasteiger partial charge in [0, 0.05) is 15.6 Å². The molecule has 34 heavy (non-hydrogen) atoms. The Morgan fingerprint density at radius 1 is 1.15 bits per heavy atom. The number of nitrogens with one attached hydrogen (secondary N) is 2. The number of hydrogen-bond acceptors (Lipinski definition) is 9. The molecule has 0 radical (unpaired) electrons. The summed E-state index contributed by atoms with van der Waals surface area (Å²) in [5.41, 5.74) is 14.3. The number of benzene rings is 2. The highest BCUT2D eigenvalue weighted by atomic mass is 79.9. The van der Waals surface area contributed by atoms with Gasteiger partial charge in [0.15, 0.2) is 6.19 Å². The average Bonchev–Trinajstić information content (AvgIpc) is 2.80. The van der Waals surface area contributed by atoms with Gasteiger partial charge < -0.3 is 21.5 Å². The monoisotopic (exact) mass is 556 g/mol. The highest BCUT2D eigenvalue weighted by Gasteiger charge is 2.31. The van der Waals surface area contributed by atoms with Gasteiger partial charge in [-0.2, -0.15) is 10.5 Å². The molecular formula is C22H15BrCl2N8O. The van der Waals surface area contributed by atoms with Crippen molar-refractivity contribution >= 4 is 62.4 Å². The molecule has 0 spiro atoms. The maximum atomic E-state index is 9.53. The number of aromatic nitrogens is 1. The fourth-order valence-electron chi connectivity index (χ4n) is 3.46. The molecule has 12 heteroatoms. The lowest BCUT2D eigenvalue weighted by atomic mass is 9.94. The van der Waals surface area contributed by atoms with Crippen molar-refractivity contribution in [2.24, 2.45) is 4.99 Å². The van der Waals surface area contributed by atoms with Crippen LogP contribution in [0.25, 0.3) is 0 Å². The lowest BCUT2D eigenvalue weighted by Gasteiger charge is -2.27. The topological polar surface area (TPSA) is 158 Å². The number of nitrogen functional groups attached to an aromatic ring is 2. The number of nitrogens with two attached hydrogens (primary N) is 2. The van der Waals surface area contributed by atoms with Crippen LogP contribution in [-0.2, 0) is 6.61 Å². The number of nitriles is 2. The smallest absolute Gasteiger partial charge is 0.211 e. The Morgan fingerprint density at radius 2 is 1.94 bits per heavy atom. The first kappa shape index (κ1) is 23.5. The summed E-state index contributed by atoms with van der Waals surface area (Å²) in [6.07, 6.45) is 1.82. The summed E-state index contributed by atoms with van der Waals surface area (Å²) < 4.78 is 6.87. The van der Waals surface area contributed by atoms with Crippen LogP contribution in [0.2, 0.25) is 10.0 Å². The highest BCUT2D eigenvalue weighted by molar-refractivity contribution is 9.10.